The molecule has 0 amide bonds. The van der Waals surface area contributed by atoms with E-state index in [0.717, 1.165) is 15.9 Å². The van der Waals surface area contributed by atoms with Crippen LogP contribution in [0.25, 0.3) is 0 Å². The molecule has 0 radical (unpaired) electrons. The predicted octanol–water partition coefficient (Wildman–Crippen LogP) is 0.534. The first kappa shape index (κ1) is 12.2. The number of ether oxygens (including phenoxy) is 1. The highest BCUT2D eigenvalue weighted by molar-refractivity contribution is 9.10. The van der Waals surface area contributed by atoms with Crippen LogP contribution in [0.3, 0.4) is 0 Å². The Morgan fingerprint density at radius 3 is 2.73 bits per heavy atom. The lowest BCUT2D eigenvalue weighted by Gasteiger charge is -2.09. The minimum Gasteiger partial charge on any atom is -0.468 e. The Balaban J connectivity index is 2.85. The third-order valence-electron chi connectivity index (χ3n) is 2.18. The molecule has 2 N–H and O–H groups in total. The molecular formula is C9H14BrN3O2. The number of nitrogens with two attached hydrogens (primary N) is 1. The van der Waals surface area contributed by atoms with Gasteiger partial charge in [0.15, 0.2) is 0 Å². The summed E-state index contributed by atoms with van der Waals surface area (Å²) in [6.45, 7) is 1.89. The zero-order valence-electron chi connectivity index (χ0n) is 8.95. The normalized spacial score (nSPS) is 12.6. The summed E-state index contributed by atoms with van der Waals surface area (Å²) in [5.74, 6) is -0.416. The van der Waals surface area contributed by atoms with Crippen LogP contribution in [0.15, 0.2) is 4.47 Å². The van der Waals surface area contributed by atoms with Crippen LogP contribution >= 0.6 is 15.9 Å². The van der Waals surface area contributed by atoms with Crippen molar-refractivity contribution in [2.45, 2.75) is 19.4 Å². The number of hydrogen-bond acceptors (Lipinski definition) is 4. The molecule has 0 aromatic carbocycles. The summed E-state index contributed by atoms with van der Waals surface area (Å²) in [5, 5.41) is 4.21. The van der Waals surface area contributed by atoms with Gasteiger partial charge in [-0.2, -0.15) is 5.10 Å². The maximum absolute atomic E-state index is 11.2. The smallest absolute Gasteiger partial charge is 0.323 e. The molecule has 1 unspecified atom stereocenters. The van der Waals surface area contributed by atoms with Crippen LogP contribution in [-0.4, -0.2) is 28.9 Å². The van der Waals surface area contributed by atoms with Gasteiger partial charge in [-0.15, -0.1) is 0 Å². The van der Waals surface area contributed by atoms with E-state index in [4.69, 9.17) is 5.73 Å². The summed E-state index contributed by atoms with van der Waals surface area (Å²) >= 11 is 3.41. The van der Waals surface area contributed by atoms with Crippen LogP contribution in [0.4, 0.5) is 0 Å². The lowest BCUT2D eigenvalue weighted by atomic mass is 10.1. The number of aryl methyl sites for hydroxylation is 2. The molecule has 0 fully saturated rings. The van der Waals surface area contributed by atoms with E-state index in [2.05, 4.69) is 25.8 Å². The third-order valence-corrected chi connectivity index (χ3v) is 3.21. The van der Waals surface area contributed by atoms with Crippen molar-refractivity contribution in [2.75, 3.05) is 7.11 Å². The summed E-state index contributed by atoms with van der Waals surface area (Å²) in [6.07, 6.45) is 0.407. The van der Waals surface area contributed by atoms with Crippen molar-refractivity contribution in [3.05, 3.63) is 15.9 Å². The Morgan fingerprint density at radius 1 is 1.73 bits per heavy atom. The first-order chi connectivity index (χ1) is 6.97. The molecule has 1 heterocycles. The largest absolute Gasteiger partial charge is 0.468 e. The van der Waals surface area contributed by atoms with Crippen molar-refractivity contribution in [2.24, 2.45) is 12.8 Å². The second kappa shape index (κ2) is 4.76. The lowest BCUT2D eigenvalue weighted by molar-refractivity contribution is -0.142. The number of methoxy groups -OCH3 is 1. The topological polar surface area (TPSA) is 70.1 Å². The van der Waals surface area contributed by atoms with E-state index >= 15 is 0 Å². The first-order valence-corrected chi connectivity index (χ1v) is 5.28. The molecule has 15 heavy (non-hydrogen) atoms. The molecule has 0 bridgehead atoms. The predicted molar refractivity (Wildman–Crippen MR) is 59.3 cm³/mol. The Bertz CT molecular complexity index is 376. The van der Waals surface area contributed by atoms with Gasteiger partial charge < -0.3 is 10.5 Å². The van der Waals surface area contributed by atoms with Gasteiger partial charge >= 0.3 is 5.97 Å². The van der Waals surface area contributed by atoms with Crippen LogP contribution in [0.2, 0.25) is 0 Å². The summed E-state index contributed by atoms with van der Waals surface area (Å²) in [4.78, 5) is 11.2. The van der Waals surface area contributed by atoms with E-state index in [0.29, 0.717) is 6.42 Å². The standard InChI is InChI=1S/C9H14BrN3O2/c1-5-8(10)7(13(2)12-5)4-6(11)9(14)15-3/h6H,4,11H2,1-3H3. The number of carbonyl (C=O) groups is 1. The molecular weight excluding hydrogens is 262 g/mol. The number of esters is 1. The molecule has 6 heteroatoms. The van der Waals surface area contributed by atoms with Gasteiger partial charge in [0, 0.05) is 13.5 Å². The van der Waals surface area contributed by atoms with Gasteiger partial charge in [0.25, 0.3) is 0 Å². The van der Waals surface area contributed by atoms with Gasteiger partial charge in [-0.1, -0.05) is 0 Å². The molecule has 1 atom stereocenters. The van der Waals surface area contributed by atoms with E-state index in [-0.39, 0.29) is 0 Å². The molecule has 1 aromatic rings. The highest BCUT2D eigenvalue weighted by atomic mass is 79.9. The number of hydrogen-bond donors (Lipinski definition) is 1. The molecule has 0 saturated heterocycles. The van der Waals surface area contributed by atoms with Crippen molar-refractivity contribution in [1.29, 1.82) is 0 Å². The van der Waals surface area contributed by atoms with Crippen LogP contribution < -0.4 is 5.73 Å². The molecule has 84 valence electrons. The Labute approximate surface area is 96.7 Å². The van der Waals surface area contributed by atoms with Crippen LogP contribution in [0.5, 0.6) is 0 Å². The van der Waals surface area contributed by atoms with E-state index < -0.39 is 12.0 Å². The second-order valence-electron chi connectivity index (χ2n) is 3.30. The maximum atomic E-state index is 11.2. The van der Waals surface area contributed by atoms with Gasteiger partial charge in [0.1, 0.15) is 6.04 Å². The fourth-order valence-electron chi connectivity index (χ4n) is 1.34. The Kier molecular flexibility index (Phi) is 3.87. The van der Waals surface area contributed by atoms with Crippen molar-refractivity contribution in [1.82, 2.24) is 9.78 Å². The van der Waals surface area contributed by atoms with Gasteiger partial charge in [0.05, 0.1) is 23.0 Å². The van der Waals surface area contributed by atoms with Gasteiger partial charge in [-0.3, -0.25) is 9.48 Å². The summed E-state index contributed by atoms with van der Waals surface area (Å²) in [6, 6.07) is -0.652. The van der Waals surface area contributed by atoms with Crippen molar-refractivity contribution >= 4 is 21.9 Å². The third kappa shape index (κ3) is 2.57. The molecule has 1 rings (SSSR count). The minimum atomic E-state index is -0.652. The Hall–Kier alpha value is -0.880. The first-order valence-electron chi connectivity index (χ1n) is 4.48. The summed E-state index contributed by atoms with van der Waals surface area (Å²) in [7, 11) is 3.14. The highest BCUT2D eigenvalue weighted by Gasteiger charge is 2.19. The number of halogens is 1. The van der Waals surface area contributed by atoms with Crippen molar-refractivity contribution < 1.29 is 9.53 Å². The van der Waals surface area contributed by atoms with Crippen molar-refractivity contribution in [3.8, 4) is 0 Å². The number of nitrogens with zero attached hydrogens (tertiary/aromatic N) is 2. The van der Waals surface area contributed by atoms with Gasteiger partial charge in [-0.05, 0) is 22.9 Å². The van der Waals surface area contributed by atoms with Gasteiger partial charge in [0.2, 0.25) is 0 Å². The van der Waals surface area contributed by atoms with Crippen LogP contribution in [0, 0.1) is 6.92 Å². The molecule has 1 aromatic heterocycles. The Morgan fingerprint density at radius 2 is 2.33 bits per heavy atom. The fraction of sp³-hybridized carbons (Fsp3) is 0.556. The zero-order valence-corrected chi connectivity index (χ0v) is 10.5. The fourth-order valence-corrected chi connectivity index (χ4v) is 1.84. The van der Waals surface area contributed by atoms with Crippen LogP contribution in [0.1, 0.15) is 11.4 Å². The summed E-state index contributed by atoms with van der Waals surface area (Å²) in [5.41, 5.74) is 7.44. The van der Waals surface area contributed by atoms with E-state index in [1.807, 2.05) is 14.0 Å². The molecule has 0 aliphatic heterocycles. The second-order valence-corrected chi connectivity index (χ2v) is 4.10. The molecule has 0 aliphatic carbocycles. The monoisotopic (exact) mass is 275 g/mol. The van der Waals surface area contributed by atoms with Gasteiger partial charge in [-0.25, -0.2) is 0 Å². The number of aromatic nitrogens is 2. The van der Waals surface area contributed by atoms with E-state index in [9.17, 15) is 4.79 Å². The molecule has 0 spiro atoms. The molecule has 0 saturated carbocycles. The number of carbonyl (C=O) groups excluding carboxylic acids is 1. The summed E-state index contributed by atoms with van der Waals surface area (Å²) < 4.78 is 7.17. The van der Waals surface area contributed by atoms with Crippen LogP contribution in [-0.2, 0) is 23.0 Å². The zero-order chi connectivity index (χ0) is 11.6. The maximum Gasteiger partial charge on any atom is 0.323 e. The average molecular weight is 276 g/mol. The van der Waals surface area contributed by atoms with Crippen molar-refractivity contribution in [3.63, 3.8) is 0 Å². The quantitative estimate of drug-likeness (QED) is 0.818. The van der Waals surface area contributed by atoms with E-state index in [1.54, 1.807) is 4.68 Å². The number of rotatable bonds is 3. The molecule has 0 aliphatic rings. The van der Waals surface area contributed by atoms with E-state index in [1.165, 1.54) is 7.11 Å². The average Bonchev–Trinajstić information content (AvgIpc) is 2.43. The SMILES string of the molecule is COC(=O)C(N)Cc1c(Br)c(C)nn1C. The minimum absolute atomic E-state index is 0.407. The lowest BCUT2D eigenvalue weighted by Crippen LogP contribution is -2.34. The molecule has 5 nitrogen and oxygen atoms in total. The highest BCUT2D eigenvalue weighted by Crippen LogP contribution is 2.21.